The summed E-state index contributed by atoms with van der Waals surface area (Å²) in [6.45, 7) is 4.65. The summed E-state index contributed by atoms with van der Waals surface area (Å²) >= 11 is 3.29. The van der Waals surface area contributed by atoms with Gasteiger partial charge in [0.25, 0.3) is 5.91 Å². The van der Waals surface area contributed by atoms with Gasteiger partial charge in [0.15, 0.2) is 6.61 Å². The fraction of sp³-hybridized carbons (Fsp3) is 0.467. The number of hydrogen-bond donors (Lipinski definition) is 0. The van der Waals surface area contributed by atoms with Crippen molar-refractivity contribution in [3.05, 3.63) is 34.3 Å². The van der Waals surface area contributed by atoms with E-state index in [0.717, 1.165) is 4.47 Å². The molecule has 0 aliphatic carbocycles. The first-order valence-corrected chi connectivity index (χ1v) is 7.61. The van der Waals surface area contributed by atoms with Crippen LogP contribution >= 0.6 is 15.9 Å². The van der Waals surface area contributed by atoms with Gasteiger partial charge in [-0.1, -0.05) is 22.0 Å². The van der Waals surface area contributed by atoms with Gasteiger partial charge in [0.05, 0.1) is 17.8 Å². The molecule has 0 spiro atoms. The van der Waals surface area contributed by atoms with Crippen molar-refractivity contribution < 1.29 is 19.1 Å². The molecule has 1 aliphatic rings. The van der Waals surface area contributed by atoms with Gasteiger partial charge in [-0.3, -0.25) is 4.79 Å². The summed E-state index contributed by atoms with van der Waals surface area (Å²) in [6, 6.07) is 6.87. The summed E-state index contributed by atoms with van der Waals surface area (Å²) in [7, 11) is 0. The number of morpholine rings is 1. The van der Waals surface area contributed by atoms with Crippen molar-refractivity contribution in [1.29, 1.82) is 0 Å². The van der Waals surface area contributed by atoms with Crippen molar-refractivity contribution in [2.75, 3.05) is 19.7 Å². The number of hydrogen-bond acceptors (Lipinski definition) is 4. The van der Waals surface area contributed by atoms with Crippen LogP contribution in [0.5, 0.6) is 0 Å². The molecule has 1 aromatic carbocycles. The Kier molecular flexibility index (Phi) is 5.36. The molecule has 5 nitrogen and oxygen atoms in total. The second-order valence-electron chi connectivity index (χ2n) is 5.14. The van der Waals surface area contributed by atoms with E-state index in [1.54, 1.807) is 23.1 Å². The Hall–Kier alpha value is -1.40. The number of nitrogens with zero attached hydrogens (tertiary/aromatic N) is 1. The molecule has 0 aromatic heterocycles. The van der Waals surface area contributed by atoms with Crippen molar-refractivity contribution in [3.8, 4) is 0 Å². The zero-order valence-electron chi connectivity index (χ0n) is 12.0. The highest BCUT2D eigenvalue weighted by Gasteiger charge is 2.26. The zero-order valence-corrected chi connectivity index (χ0v) is 13.6. The number of carbonyl (C=O) groups is 2. The number of esters is 1. The van der Waals surface area contributed by atoms with Gasteiger partial charge in [-0.15, -0.1) is 0 Å². The van der Waals surface area contributed by atoms with E-state index in [1.165, 1.54) is 0 Å². The van der Waals surface area contributed by atoms with Gasteiger partial charge in [0.1, 0.15) is 0 Å². The minimum Gasteiger partial charge on any atom is -0.452 e. The molecule has 2 atom stereocenters. The monoisotopic (exact) mass is 355 g/mol. The van der Waals surface area contributed by atoms with Crippen LogP contribution in [0.4, 0.5) is 0 Å². The molecule has 2 unspecified atom stereocenters. The second-order valence-corrected chi connectivity index (χ2v) is 6.06. The molecule has 0 bridgehead atoms. The van der Waals surface area contributed by atoms with Gasteiger partial charge in [-0.2, -0.15) is 0 Å². The Morgan fingerprint density at radius 3 is 2.62 bits per heavy atom. The highest BCUT2D eigenvalue weighted by Crippen LogP contribution is 2.13. The number of benzene rings is 1. The van der Waals surface area contributed by atoms with Crippen LogP contribution in [0.2, 0.25) is 0 Å². The molecule has 0 saturated carbocycles. The van der Waals surface area contributed by atoms with Gasteiger partial charge >= 0.3 is 5.97 Å². The van der Waals surface area contributed by atoms with E-state index in [9.17, 15) is 9.59 Å². The van der Waals surface area contributed by atoms with Crippen molar-refractivity contribution in [1.82, 2.24) is 4.90 Å². The predicted molar refractivity (Wildman–Crippen MR) is 81.0 cm³/mol. The third-order valence-corrected chi connectivity index (χ3v) is 3.65. The molecule has 0 N–H and O–H groups in total. The summed E-state index contributed by atoms with van der Waals surface area (Å²) in [5.41, 5.74) is 0.417. The lowest BCUT2D eigenvalue weighted by Crippen LogP contribution is -2.49. The highest BCUT2D eigenvalue weighted by molar-refractivity contribution is 9.10. The lowest BCUT2D eigenvalue weighted by molar-refractivity contribution is -0.146. The first-order chi connectivity index (χ1) is 9.95. The van der Waals surface area contributed by atoms with Crippen molar-refractivity contribution in [2.24, 2.45) is 0 Å². The van der Waals surface area contributed by atoms with E-state index >= 15 is 0 Å². The number of ether oxygens (including phenoxy) is 2. The van der Waals surface area contributed by atoms with Crippen LogP contribution < -0.4 is 0 Å². The average molecular weight is 356 g/mol. The lowest BCUT2D eigenvalue weighted by atomic mass is 10.2. The van der Waals surface area contributed by atoms with Crippen LogP contribution in [0.3, 0.4) is 0 Å². The first-order valence-electron chi connectivity index (χ1n) is 6.81. The Labute approximate surface area is 132 Å². The highest BCUT2D eigenvalue weighted by atomic mass is 79.9. The van der Waals surface area contributed by atoms with E-state index in [4.69, 9.17) is 9.47 Å². The standard InChI is InChI=1S/C15H18BrNO4/c1-10-7-17(8-11(2)21-10)14(18)9-20-15(19)12-4-3-5-13(16)6-12/h3-6,10-11H,7-9H2,1-2H3. The van der Waals surface area contributed by atoms with Crippen molar-refractivity contribution in [3.63, 3.8) is 0 Å². The molecule has 1 aromatic rings. The third-order valence-electron chi connectivity index (χ3n) is 3.16. The summed E-state index contributed by atoms with van der Waals surface area (Å²) in [5, 5.41) is 0. The molecule has 1 amide bonds. The maximum Gasteiger partial charge on any atom is 0.338 e. The largest absolute Gasteiger partial charge is 0.452 e. The van der Waals surface area contributed by atoms with Crippen molar-refractivity contribution >= 4 is 27.8 Å². The molecule has 21 heavy (non-hydrogen) atoms. The second kappa shape index (κ2) is 7.04. The molecule has 6 heteroatoms. The van der Waals surface area contributed by atoms with Crippen molar-refractivity contribution in [2.45, 2.75) is 26.1 Å². The zero-order chi connectivity index (χ0) is 15.4. The molecule has 1 heterocycles. The maximum absolute atomic E-state index is 12.1. The molecule has 1 saturated heterocycles. The van der Waals surface area contributed by atoms with Crippen LogP contribution in [0.15, 0.2) is 28.7 Å². The molecular formula is C15H18BrNO4. The number of halogens is 1. The Balaban J connectivity index is 1.87. The van der Waals surface area contributed by atoms with E-state index in [1.807, 2.05) is 19.9 Å². The Morgan fingerprint density at radius 2 is 2.00 bits per heavy atom. The molecule has 2 rings (SSSR count). The van der Waals surface area contributed by atoms with E-state index in [-0.39, 0.29) is 24.7 Å². The van der Waals surface area contributed by atoms with E-state index in [2.05, 4.69) is 15.9 Å². The summed E-state index contributed by atoms with van der Waals surface area (Å²) in [5.74, 6) is -0.695. The Morgan fingerprint density at radius 1 is 1.33 bits per heavy atom. The minimum atomic E-state index is -0.501. The summed E-state index contributed by atoms with van der Waals surface area (Å²) in [4.78, 5) is 25.6. The van der Waals surface area contributed by atoms with Gasteiger partial charge < -0.3 is 14.4 Å². The number of carbonyl (C=O) groups excluding carboxylic acids is 2. The fourth-order valence-electron chi connectivity index (χ4n) is 2.30. The fourth-order valence-corrected chi connectivity index (χ4v) is 2.70. The van der Waals surface area contributed by atoms with Gasteiger partial charge in [-0.25, -0.2) is 4.79 Å². The Bertz CT molecular complexity index is 524. The molecular weight excluding hydrogens is 338 g/mol. The molecule has 0 radical (unpaired) electrons. The minimum absolute atomic E-state index is 0.00141. The number of rotatable bonds is 3. The van der Waals surface area contributed by atoms with Gasteiger partial charge in [-0.05, 0) is 32.0 Å². The third kappa shape index (κ3) is 4.54. The normalized spacial score (nSPS) is 22.0. The van der Waals surface area contributed by atoms with Crippen LogP contribution in [0.1, 0.15) is 24.2 Å². The van der Waals surface area contributed by atoms with Gasteiger partial charge in [0.2, 0.25) is 0 Å². The topological polar surface area (TPSA) is 55.8 Å². The van der Waals surface area contributed by atoms with Crippen LogP contribution in [-0.2, 0) is 14.3 Å². The molecule has 114 valence electrons. The van der Waals surface area contributed by atoms with Crippen LogP contribution in [-0.4, -0.2) is 48.7 Å². The van der Waals surface area contributed by atoms with E-state index < -0.39 is 5.97 Å². The average Bonchev–Trinajstić information content (AvgIpc) is 2.43. The lowest BCUT2D eigenvalue weighted by Gasteiger charge is -2.35. The SMILES string of the molecule is CC1CN(C(=O)COC(=O)c2cccc(Br)c2)CC(C)O1. The van der Waals surface area contributed by atoms with Crippen LogP contribution in [0, 0.1) is 0 Å². The molecule has 1 aliphatic heterocycles. The smallest absolute Gasteiger partial charge is 0.338 e. The summed E-state index contributed by atoms with van der Waals surface area (Å²) < 4.78 is 11.4. The first kappa shape index (κ1) is 16.0. The number of amides is 1. The summed E-state index contributed by atoms with van der Waals surface area (Å²) in [6.07, 6.45) is -0.00281. The quantitative estimate of drug-likeness (QED) is 0.780. The predicted octanol–water partition coefficient (Wildman–Crippen LogP) is 2.24. The van der Waals surface area contributed by atoms with Crippen LogP contribution in [0.25, 0.3) is 0 Å². The molecule has 1 fully saturated rings. The maximum atomic E-state index is 12.1. The van der Waals surface area contributed by atoms with E-state index in [0.29, 0.717) is 18.7 Å². The van der Waals surface area contributed by atoms with Gasteiger partial charge in [0, 0.05) is 17.6 Å².